The predicted molar refractivity (Wildman–Crippen MR) is 187 cm³/mol. The van der Waals surface area contributed by atoms with Gasteiger partial charge in [-0.2, -0.15) is 0 Å². The largest absolute Gasteiger partial charge is 0.490 e. The van der Waals surface area contributed by atoms with Crippen molar-refractivity contribution in [1.82, 2.24) is 9.71 Å². The zero-order valence-electron chi connectivity index (χ0n) is 27.4. The van der Waals surface area contributed by atoms with Crippen LogP contribution >= 0.6 is 11.6 Å². The van der Waals surface area contributed by atoms with Crippen LogP contribution in [0, 0.1) is 24.7 Å². The summed E-state index contributed by atoms with van der Waals surface area (Å²) in [6.45, 7) is 7.82. The molecule has 1 saturated carbocycles. The average Bonchev–Trinajstić information content (AvgIpc) is 3.19. The molecule has 7 nitrogen and oxygen atoms in total. The Labute approximate surface area is 285 Å². The lowest BCUT2D eigenvalue weighted by Crippen LogP contribution is -2.51. The highest BCUT2D eigenvalue weighted by Gasteiger charge is 2.49. The van der Waals surface area contributed by atoms with E-state index in [4.69, 9.17) is 16.3 Å². The third-order valence-corrected chi connectivity index (χ3v) is 13.1. The maximum Gasteiger partial charge on any atom is 0.263 e. The monoisotopic (exact) mass is 673 g/mol. The first-order chi connectivity index (χ1) is 22.6. The number of pyridine rings is 1. The number of allylic oxidation sites excluding steroid dienone is 1. The van der Waals surface area contributed by atoms with Crippen LogP contribution in [0.3, 0.4) is 0 Å². The number of nitrogens with zero attached hydrogens (tertiary/aromatic N) is 2. The van der Waals surface area contributed by atoms with Gasteiger partial charge in [0.25, 0.3) is 5.91 Å². The Hall–Kier alpha value is -3.20. The van der Waals surface area contributed by atoms with Gasteiger partial charge in [0, 0.05) is 52.5 Å². The van der Waals surface area contributed by atoms with Gasteiger partial charge >= 0.3 is 0 Å². The minimum absolute atomic E-state index is 0.0123. The third-order valence-electron chi connectivity index (χ3n) is 11.3. The number of hydrogen-bond acceptors (Lipinski definition) is 6. The normalized spacial score (nSPS) is 33.0. The number of carbonyl (C=O) groups is 1. The Morgan fingerprint density at radius 2 is 1.98 bits per heavy atom. The van der Waals surface area contributed by atoms with E-state index < -0.39 is 16.6 Å². The molecule has 1 aromatic heterocycles. The fourth-order valence-corrected chi connectivity index (χ4v) is 9.37. The summed E-state index contributed by atoms with van der Waals surface area (Å²) in [4.78, 5) is 20.5. The molecule has 2 aliphatic carbocycles. The van der Waals surface area contributed by atoms with Crippen LogP contribution in [0.2, 0.25) is 5.02 Å². The number of fused-ring (bicyclic) bond motifs is 4. The number of aromatic nitrogens is 1. The number of halogens is 1. The van der Waals surface area contributed by atoms with Gasteiger partial charge in [-0.3, -0.25) is 14.5 Å². The van der Waals surface area contributed by atoms with E-state index in [0.29, 0.717) is 31.7 Å². The highest BCUT2D eigenvalue weighted by Crippen LogP contribution is 2.50. The summed E-state index contributed by atoms with van der Waals surface area (Å²) in [7, 11) is -1.59. The second kappa shape index (κ2) is 12.7. The van der Waals surface area contributed by atoms with Gasteiger partial charge in [-0.25, -0.2) is 4.21 Å². The van der Waals surface area contributed by atoms with Crippen molar-refractivity contribution in [3.8, 4) is 5.75 Å². The van der Waals surface area contributed by atoms with E-state index in [-0.39, 0.29) is 34.3 Å². The molecule has 47 heavy (non-hydrogen) atoms. The lowest BCUT2D eigenvalue weighted by molar-refractivity contribution is -0.0502. The van der Waals surface area contributed by atoms with Gasteiger partial charge in [0.1, 0.15) is 22.3 Å². The maximum absolute atomic E-state index is 13.5. The summed E-state index contributed by atoms with van der Waals surface area (Å²) in [6, 6.07) is 15.8. The zero-order chi connectivity index (χ0) is 32.9. The summed E-state index contributed by atoms with van der Waals surface area (Å²) >= 11 is 6.46. The topological polar surface area (TPSA) is 91.8 Å². The van der Waals surface area contributed by atoms with E-state index in [9.17, 15) is 14.1 Å². The van der Waals surface area contributed by atoms with Gasteiger partial charge in [0.05, 0.1) is 17.5 Å². The van der Waals surface area contributed by atoms with Crippen LogP contribution < -0.4 is 14.4 Å². The molecule has 1 amide bonds. The fraction of sp³-hybridized carbons (Fsp3) is 0.474. The van der Waals surface area contributed by atoms with E-state index in [0.717, 1.165) is 59.8 Å². The first kappa shape index (κ1) is 32.4. The number of nitrogens with one attached hydrogen (secondary N) is 1. The quantitative estimate of drug-likeness (QED) is 0.276. The number of rotatable bonds is 1. The Morgan fingerprint density at radius 1 is 1.13 bits per heavy atom. The Balaban J connectivity index is 1.33. The van der Waals surface area contributed by atoms with E-state index in [1.54, 1.807) is 6.07 Å². The van der Waals surface area contributed by atoms with E-state index in [1.165, 1.54) is 11.1 Å². The molecule has 2 aromatic carbocycles. The Morgan fingerprint density at radius 3 is 2.74 bits per heavy atom. The van der Waals surface area contributed by atoms with Crippen molar-refractivity contribution in [2.75, 3.05) is 24.6 Å². The van der Waals surface area contributed by atoms with Crippen LogP contribution in [-0.4, -0.2) is 45.2 Å². The summed E-state index contributed by atoms with van der Waals surface area (Å²) in [5.41, 5.74) is 4.10. The van der Waals surface area contributed by atoms with Crippen LogP contribution in [0.5, 0.6) is 5.75 Å². The molecule has 0 saturated heterocycles. The number of hydrogen-bond donors (Lipinski definition) is 2. The average molecular weight is 674 g/mol. The molecule has 9 heteroatoms. The number of aryl methyl sites for hydroxylation is 2. The molecule has 2 aliphatic heterocycles. The molecule has 3 aromatic rings. The molecule has 7 atom stereocenters. The number of carbonyl (C=O) groups excluding carboxylic acids is 1. The van der Waals surface area contributed by atoms with Crippen molar-refractivity contribution in [2.45, 2.75) is 75.6 Å². The number of ether oxygens (including phenoxy) is 1. The second-order valence-electron chi connectivity index (χ2n) is 14.3. The summed E-state index contributed by atoms with van der Waals surface area (Å²) in [6.07, 6.45) is 11.3. The van der Waals surface area contributed by atoms with Crippen LogP contribution in [-0.2, 0) is 28.4 Å². The first-order valence-electron chi connectivity index (χ1n) is 16.9. The molecule has 1 fully saturated rings. The molecular formula is C38H44ClN3O4S. The van der Waals surface area contributed by atoms with Gasteiger partial charge in [-0.1, -0.05) is 42.8 Å². The standard InChI is InChI=1S/C38H44ClN3O4S/c1-24-6-4-17-38(44,30-11-8-25(2)40-20-30)33-13-9-29(33)21-42-22-37(16-5-7-27-18-31(39)12-14-32(27)37)23-46-35-15-10-28(19-34(35)42)36(43)41-47(45)26(24)3/h4,8,10-12,14-15,17-20,24,26,29,33,44H,5-7,9,13,16,21-23H2,1-3H3,(H,41,43)/b17-4+/t24?,26?,29?,33?,37-,38-,47?/m0/s1. The molecule has 3 heterocycles. The first-order valence-corrected chi connectivity index (χ1v) is 18.5. The fourth-order valence-electron chi connectivity index (χ4n) is 8.15. The highest BCUT2D eigenvalue weighted by molar-refractivity contribution is 7.84. The van der Waals surface area contributed by atoms with Crippen molar-refractivity contribution in [2.24, 2.45) is 17.8 Å². The van der Waals surface area contributed by atoms with Crippen LogP contribution in [0.15, 0.2) is 66.9 Å². The van der Waals surface area contributed by atoms with Crippen LogP contribution in [0.4, 0.5) is 5.69 Å². The lowest BCUT2D eigenvalue weighted by Gasteiger charge is -2.49. The molecule has 4 aliphatic rings. The number of anilines is 1. The third kappa shape index (κ3) is 6.02. The molecule has 248 valence electrons. The molecule has 2 bridgehead atoms. The second-order valence-corrected chi connectivity index (χ2v) is 16.3. The van der Waals surface area contributed by atoms with Crippen molar-refractivity contribution in [1.29, 1.82) is 0 Å². The number of benzene rings is 2. The van der Waals surface area contributed by atoms with Gasteiger partial charge in [0.15, 0.2) is 0 Å². The van der Waals surface area contributed by atoms with Crippen molar-refractivity contribution < 1.29 is 18.8 Å². The van der Waals surface area contributed by atoms with Crippen molar-refractivity contribution in [3.63, 3.8) is 0 Å². The minimum Gasteiger partial charge on any atom is -0.490 e. The number of aliphatic hydroxyl groups is 1. The van der Waals surface area contributed by atoms with E-state index in [2.05, 4.69) is 26.7 Å². The Kier molecular flexibility index (Phi) is 8.73. The van der Waals surface area contributed by atoms with Crippen LogP contribution in [0.25, 0.3) is 0 Å². The van der Waals surface area contributed by atoms with Crippen molar-refractivity contribution >= 4 is 34.2 Å². The lowest BCUT2D eigenvalue weighted by atomic mass is 9.62. The van der Waals surface area contributed by atoms with E-state index >= 15 is 0 Å². The molecule has 7 rings (SSSR count). The minimum atomic E-state index is -1.59. The van der Waals surface area contributed by atoms with Gasteiger partial charge in [-0.05, 0) is 112 Å². The maximum atomic E-state index is 13.5. The smallest absolute Gasteiger partial charge is 0.263 e. The number of amides is 1. The SMILES string of the molecule is Cc1ccc([C@@]2(O)/C=C/CC(C)C(C)S(=O)NC(=O)c3ccc4c(c3)N(CC3CCC32)C[C@@]2(CCCc3cc(Cl)ccc32)CO4)cn1. The predicted octanol–water partition coefficient (Wildman–Crippen LogP) is 6.81. The molecule has 0 radical (unpaired) electrons. The zero-order valence-corrected chi connectivity index (χ0v) is 28.9. The van der Waals surface area contributed by atoms with Gasteiger partial charge < -0.3 is 14.7 Å². The molecular weight excluding hydrogens is 630 g/mol. The van der Waals surface area contributed by atoms with Crippen molar-refractivity contribution in [3.05, 3.63) is 99.9 Å². The van der Waals surface area contributed by atoms with Gasteiger partial charge in [0.2, 0.25) is 0 Å². The summed E-state index contributed by atoms with van der Waals surface area (Å²) in [5, 5.41) is 13.1. The Bertz CT molecular complexity index is 1730. The van der Waals surface area contributed by atoms with Gasteiger partial charge in [-0.15, -0.1) is 0 Å². The molecule has 2 N–H and O–H groups in total. The van der Waals surface area contributed by atoms with Crippen LogP contribution in [0.1, 0.15) is 78.7 Å². The molecule has 1 spiro atoms. The summed E-state index contributed by atoms with van der Waals surface area (Å²) < 4.78 is 22.8. The summed E-state index contributed by atoms with van der Waals surface area (Å²) in [5.74, 6) is 0.560. The van der Waals surface area contributed by atoms with E-state index in [1.807, 2.05) is 69.5 Å². The molecule has 5 unspecified atom stereocenters. The highest BCUT2D eigenvalue weighted by atomic mass is 35.5.